The van der Waals surface area contributed by atoms with Crippen molar-refractivity contribution >= 4 is 22.5 Å². The van der Waals surface area contributed by atoms with Crippen LogP contribution in [-0.2, 0) is 6.42 Å². The van der Waals surface area contributed by atoms with Crippen LogP contribution in [0.25, 0.3) is 10.9 Å². The lowest BCUT2D eigenvalue weighted by atomic mass is 10.0. The van der Waals surface area contributed by atoms with Crippen LogP contribution in [0.2, 0.25) is 5.02 Å². The van der Waals surface area contributed by atoms with Gasteiger partial charge in [0.05, 0.1) is 5.52 Å². The molecular weight excluding hydrogens is 220 g/mol. The predicted octanol–water partition coefficient (Wildman–Crippen LogP) is 3.09. The largest absolute Gasteiger partial charge is 0.328 e. The molecule has 0 aliphatic rings. The van der Waals surface area contributed by atoms with E-state index in [1.807, 2.05) is 32.0 Å². The average molecular weight is 235 g/mol. The van der Waals surface area contributed by atoms with Crippen LogP contribution >= 0.6 is 11.6 Å². The molecule has 0 aliphatic heterocycles. The van der Waals surface area contributed by atoms with Crippen molar-refractivity contribution in [3.05, 3.63) is 40.5 Å². The predicted molar refractivity (Wildman–Crippen MR) is 68.8 cm³/mol. The quantitative estimate of drug-likeness (QED) is 0.867. The van der Waals surface area contributed by atoms with Gasteiger partial charge in [0.2, 0.25) is 0 Å². The van der Waals surface area contributed by atoms with Crippen LogP contribution in [0.1, 0.15) is 18.2 Å². The Bertz CT molecular complexity index is 515. The monoisotopic (exact) mass is 234 g/mol. The Morgan fingerprint density at radius 2 is 2.12 bits per heavy atom. The molecule has 0 saturated heterocycles. The van der Waals surface area contributed by atoms with E-state index >= 15 is 0 Å². The van der Waals surface area contributed by atoms with Gasteiger partial charge in [0.1, 0.15) is 0 Å². The summed E-state index contributed by atoms with van der Waals surface area (Å²) in [5.41, 5.74) is 9.05. The molecule has 0 radical (unpaired) electrons. The van der Waals surface area contributed by atoms with Crippen molar-refractivity contribution in [1.82, 2.24) is 4.98 Å². The van der Waals surface area contributed by atoms with Crippen molar-refractivity contribution < 1.29 is 0 Å². The molecule has 1 aromatic heterocycles. The Balaban J connectivity index is 2.63. The lowest BCUT2D eigenvalue weighted by molar-refractivity contribution is 0.740. The standard InChI is InChI=1S/C13H15ClN2/c1-8(15)5-10-6-9(2)16-13-7-11(14)3-4-12(10)13/h3-4,6-8H,5,15H2,1-2H3. The van der Waals surface area contributed by atoms with Gasteiger partial charge in [-0.3, -0.25) is 4.98 Å². The topological polar surface area (TPSA) is 38.9 Å². The van der Waals surface area contributed by atoms with Crippen LogP contribution in [0.5, 0.6) is 0 Å². The molecule has 0 spiro atoms. The molecule has 16 heavy (non-hydrogen) atoms. The molecule has 1 heterocycles. The van der Waals surface area contributed by atoms with E-state index in [0.29, 0.717) is 0 Å². The van der Waals surface area contributed by atoms with Gasteiger partial charge in [-0.05, 0) is 44.0 Å². The van der Waals surface area contributed by atoms with Crippen LogP contribution in [0, 0.1) is 6.92 Å². The number of fused-ring (bicyclic) bond motifs is 1. The van der Waals surface area contributed by atoms with Crippen molar-refractivity contribution in [1.29, 1.82) is 0 Å². The second kappa shape index (κ2) is 4.40. The molecule has 2 nitrogen and oxygen atoms in total. The zero-order valence-electron chi connectivity index (χ0n) is 9.50. The maximum atomic E-state index is 5.96. The Hall–Kier alpha value is -1.12. The van der Waals surface area contributed by atoms with Crippen LogP contribution < -0.4 is 5.73 Å². The smallest absolute Gasteiger partial charge is 0.0722 e. The van der Waals surface area contributed by atoms with Gasteiger partial charge in [-0.15, -0.1) is 0 Å². The molecule has 3 heteroatoms. The van der Waals surface area contributed by atoms with E-state index in [0.717, 1.165) is 28.0 Å². The number of hydrogen-bond donors (Lipinski definition) is 1. The van der Waals surface area contributed by atoms with Crippen molar-refractivity contribution in [2.75, 3.05) is 0 Å². The Labute approximate surface area is 100 Å². The van der Waals surface area contributed by atoms with Gasteiger partial charge in [0.25, 0.3) is 0 Å². The van der Waals surface area contributed by atoms with E-state index in [-0.39, 0.29) is 6.04 Å². The van der Waals surface area contributed by atoms with Crippen molar-refractivity contribution in [3.63, 3.8) is 0 Å². The lowest BCUT2D eigenvalue weighted by Crippen LogP contribution is -2.18. The Morgan fingerprint density at radius 3 is 2.81 bits per heavy atom. The molecule has 0 aliphatic carbocycles. The third-order valence-corrected chi connectivity index (χ3v) is 2.76. The Kier molecular flexibility index (Phi) is 3.13. The lowest BCUT2D eigenvalue weighted by Gasteiger charge is -2.10. The molecule has 84 valence electrons. The summed E-state index contributed by atoms with van der Waals surface area (Å²) in [7, 11) is 0. The molecule has 0 amide bonds. The number of nitrogens with zero attached hydrogens (tertiary/aromatic N) is 1. The Morgan fingerprint density at radius 1 is 1.38 bits per heavy atom. The molecule has 0 saturated carbocycles. The minimum absolute atomic E-state index is 0.153. The van der Waals surface area contributed by atoms with E-state index in [4.69, 9.17) is 17.3 Å². The van der Waals surface area contributed by atoms with Crippen molar-refractivity contribution in [2.45, 2.75) is 26.3 Å². The molecule has 2 rings (SSSR count). The van der Waals surface area contributed by atoms with E-state index in [1.165, 1.54) is 5.56 Å². The highest BCUT2D eigenvalue weighted by molar-refractivity contribution is 6.31. The van der Waals surface area contributed by atoms with Crippen molar-refractivity contribution in [3.8, 4) is 0 Å². The zero-order chi connectivity index (χ0) is 11.7. The summed E-state index contributed by atoms with van der Waals surface area (Å²) in [6, 6.07) is 8.06. The highest BCUT2D eigenvalue weighted by atomic mass is 35.5. The second-order valence-electron chi connectivity index (χ2n) is 4.27. The number of hydrogen-bond acceptors (Lipinski definition) is 2. The summed E-state index contributed by atoms with van der Waals surface area (Å²) in [5, 5.41) is 1.87. The van der Waals surface area contributed by atoms with E-state index < -0.39 is 0 Å². The average Bonchev–Trinajstić information content (AvgIpc) is 2.15. The van der Waals surface area contributed by atoms with Crippen LogP contribution in [-0.4, -0.2) is 11.0 Å². The van der Waals surface area contributed by atoms with Gasteiger partial charge in [-0.1, -0.05) is 17.7 Å². The van der Waals surface area contributed by atoms with Gasteiger partial charge in [-0.2, -0.15) is 0 Å². The number of halogens is 1. The third-order valence-electron chi connectivity index (χ3n) is 2.53. The van der Waals surface area contributed by atoms with Gasteiger partial charge in [0.15, 0.2) is 0 Å². The van der Waals surface area contributed by atoms with Gasteiger partial charge >= 0.3 is 0 Å². The molecular formula is C13H15ClN2. The number of nitrogens with two attached hydrogens (primary N) is 1. The fraction of sp³-hybridized carbons (Fsp3) is 0.308. The molecule has 1 aromatic carbocycles. The van der Waals surface area contributed by atoms with Crippen molar-refractivity contribution in [2.24, 2.45) is 5.73 Å². The second-order valence-corrected chi connectivity index (χ2v) is 4.70. The molecule has 2 aromatic rings. The fourth-order valence-corrected chi connectivity index (χ4v) is 2.10. The molecule has 1 unspecified atom stereocenters. The summed E-state index contributed by atoms with van der Waals surface area (Å²) in [5.74, 6) is 0. The highest BCUT2D eigenvalue weighted by Gasteiger charge is 2.06. The van der Waals surface area contributed by atoms with Crippen LogP contribution in [0.15, 0.2) is 24.3 Å². The summed E-state index contributed by atoms with van der Waals surface area (Å²) >= 11 is 5.96. The maximum absolute atomic E-state index is 5.96. The van der Waals surface area contributed by atoms with E-state index in [2.05, 4.69) is 11.1 Å². The van der Waals surface area contributed by atoms with E-state index in [1.54, 1.807) is 0 Å². The minimum Gasteiger partial charge on any atom is -0.328 e. The van der Waals surface area contributed by atoms with Crippen LogP contribution in [0.4, 0.5) is 0 Å². The summed E-state index contributed by atoms with van der Waals surface area (Å²) < 4.78 is 0. The molecule has 0 bridgehead atoms. The first-order valence-corrected chi connectivity index (χ1v) is 5.75. The number of rotatable bonds is 2. The minimum atomic E-state index is 0.153. The number of aromatic nitrogens is 1. The first-order chi connectivity index (χ1) is 7.56. The molecule has 1 atom stereocenters. The highest BCUT2D eigenvalue weighted by Crippen LogP contribution is 2.22. The summed E-state index contributed by atoms with van der Waals surface area (Å²) in [6.07, 6.45) is 0.863. The van der Waals surface area contributed by atoms with Gasteiger partial charge in [-0.25, -0.2) is 0 Å². The number of aryl methyl sites for hydroxylation is 1. The van der Waals surface area contributed by atoms with Gasteiger partial charge < -0.3 is 5.73 Å². The SMILES string of the molecule is Cc1cc(CC(C)N)c2ccc(Cl)cc2n1. The van der Waals surface area contributed by atoms with Gasteiger partial charge in [0, 0.05) is 22.1 Å². The summed E-state index contributed by atoms with van der Waals surface area (Å²) in [6.45, 7) is 4.00. The fourth-order valence-electron chi connectivity index (χ4n) is 1.94. The molecule has 0 fully saturated rings. The normalized spacial score (nSPS) is 13.0. The first kappa shape index (κ1) is 11.4. The number of benzene rings is 1. The maximum Gasteiger partial charge on any atom is 0.0722 e. The molecule has 2 N–H and O–H groups in total. The third kappa shape index (κ3) is 2.34. The van der Waals surface area contributed by atoms with Crippen LogP contribution in [0.3, 0.4) is 0 Å². The number of pyridine rings is 1. The first-order valence-electron chi connectivity index (χ1n) is 5.37. The summed E-state index contributed by atoms with van der Waals surface area (Å²) in [4.78, 5) is 4.48. The zero-order valence-corrected chi connectivity index (χ0v) is 10.3. The van der Waals surface area contributed by atoms with E-state index in [9.17, 15) is 0 Å².